The minimum Gasteiger partial charge on any atom is -0.309 e. The van der Waals surface area contributed by atoms with Crippen LogP contribution in [0.3, 0.4) is 0 Å². The van der Waals surface area contributed by atoms with Gasteiger partial charge in [0.2, 0.25) is 0 Å². The predicted molar refractivity (Wildman–Crippen MR) is 249 cm³/mol. The average Bonchev–Trinajstić information content (AvgIpc) is 3.65. The molecule has 0 saturated heterocycles. The summed E-state index contributed by atoms with van der Waals surface area (Å²) in [6.45, 7) is 0. The average molecular weight is 756 g/mol. The standard InChI is InChI=1S/C56H41NSi/c1-6-20-42(21-7-1)55(43-22-8-2-9-23-43)56(44-24-10-3-11-25-44)45-34-38-49(39-35-45)58(47-26-12-4-13-27-47,48-28-14-5-15-29-48)50-40-36-46(37-41-50)57-53-32-18-16-30-51(53)52-31-17-19-33-54(52)57/h1-41H. The monoisotopic (exact) mass is 755 g/mol. The smallest absolute Gasteiger partial charge is 0.179 e. The molecule has 10 rings (SSSR count). The van der Waals surface area contributed by atoms with Crippen molar-refractivity contribution in [3.05, 3.63) is 271 Å². The van der Waals surface area contributed by atoms with Crippen LogP contribution in [-0.4, -0.2) is 12.6 Å². The summed E-state index contributed by atoms with van der Waals surface area (Å²) in [6.07, 6.45) is 0. The molecule has 0 aliphatic rings. The molecule has 1 aromatic heterocycles. The van der Waals surface area contributed by atoms with E-state index in [1.165, 1.54) is 76.0 Å². The number of nitrogens with zero attached hydrogens (tertiary/aromatic N) is 1. The molecule has 0 fully saturated rings. The molecule has 0 radical (unpaired) electrons. The van der Waals surface area contributed by atoms with E-state index in [4.69, 9.17) is 0 Å². The van der Waals surface area contributed by atoms with Gasteiger partial charge in [-0.15, -0.1) is 0 Å². The van der Waals surface area contributed by atoms with Crippen molar-refractivity contribution in [3.63, 3.8) is 0 Å². The van der Waals surface area contributed by atoms with E-state index in [2.05, 4.69) is 253 Å². The summed E-state index contributed by atoms with van der Waals surface area (Å²) in [6, 6.07) is 91.4. The maximum absolute atomic E-state index is 2.83. The van der Waals surface area contributed by atoms with Crippen LogP contribution >= 0.6 is 0 Å². The Morgan fingerprint density at radius 3 is 0.948 bits per heavy atom. The predicted octanol–water partition coefficient (Wildman–Crippen LogP) is 11.2. The van der Waals surface area contributed by atoms with Gasteiger partial charge in [0.1, 0.15) is 0 Å². The number of hydrogen-bond donors (Lipinski definition) is 0. The van der Waals surface area contributed by atoms with Gasteiger partial charge in [-0.2, -0.15) is 0 Å². The highest BCUT2D eigenvalue weighted by Crippen LogP contribution is 2.37. The van der Waals surface area contributed by atoms with Crippen LogP contribution in [0.25, 0.3) is 38.6 Å². The van der Waals surface area contributed by atoms with E-state index >= 15 is 0 Å². The molecule has 0 amide bonds. The van der Waals surface area contributed by atoms with Crippen LogP contribution in [0.5, 0.6) is 0 Å². The number of benzene rings is 9. The summed E-state index contributed by atoms with van der Waals surface area (Å²) < 4.78 is 2.41. The van der Waals surface area contributed by atoms with E-state index in [-0.39, 0.29) is 0 Å². The van der Waals surface area contributed by atoms with Crippen LogP contribution < -0.4 is 20.7 Å². The molecule has 2 heteroatoms. The molecule has 0 aliphatic carbocycles. The summed E-state index contributed by atoms with van der Waals surface area (Å²) in [5, 5.41) is 7.93. The van der Waals surface area contributed by atoms with Gasteiger partial charge in [-0.1, -0.05) is 224 Å². The lowest BCUT2D eigenvalue weighted by Crippen LogP contribution is -2.74. The summed E-state index contributed by atoms with van der Waals surface area (Å²) in [5.74, 6) is 0. The van der Waals surface area contributed by atoms with Crippen molar-refractivity contribution in [1.82, 2.24) is 4.57 Å². The zero-order valence-corrected chi connectivity index (χ0v) is 33.1. The minimum absolute atomic E-state index is 1.16. The number of fused-ring (bicyclic) bond motifs is 3. The van der Waals surface area contributed by atoms with Crippen molar-refractivity contribution in [2.45, 2.75) is 0 Å². The zero-order valence-electron chi connectivity index (χ0n) is 32.1. The third-order valence-electron chi connectivity index (χ3n) is 11.6. The molecule has 0 atom stereocenters. The van der Waals surface area contributed by atoms with E-state index in [9.17, 15) is 0 Å². The quantitative estimate of drug-likeness (QED) is 0.0785. The second-order valence-electron chi connectivity index (χ2n) is 14.8. The maximum Gasteiger partial charge on any atom is 0.179 e. The van der Waals surface area contributed by atoms with Crippen LogP contribution in [-0.2, 0) is 0 Å². The molecule has 1 nitrogen and oxygen atoms in total. The molecular formula is C56H41NSi. The molecule has 1 heterocycles. The molecule has 0 aliphatic heterocycles. The first-order valence-corrected chi connectivity index (χ1v) is 22.0. The van der Waals surface area contributed by atoms with Gasteiger partial charge in [-0.3, -0.25) is 0 Å². The third kappa shape index (κ3) is 6.12. The molecule has 0 N–H and O–H groups in total. The van der Waals surface area contributed by atoms with E-state index in [0.29, 0.717) is 0 Å². The Morgan fingerprint density at radius 2 is 0.552 bits per heavy atom. The van der Waals surface area contributed by atoms with E-state index in [1.807, 2.05) is 0 Å². The highest BCUT2D eigenvalue weighted by Gasteiger charge is 2.41. The van der Waals surface area contributed by atoms with Crippen molar-refractivity contribution in [2.75, 3.05) is 0 Å². The van der Waals surface area contributed by atoms with Gasteiger partial charge in [-0.25, -0.2) is 0 Å². The van der Waals surface area contributed by atoms with Crippen LogP contribution in [0.4, 0.5) is 0 Å². The van der Waals surface area contributed by atoms with Crippen molar-refractivity contribution in [1.29, 1.82) is 0 Å². The third-order valence-corrected chi connectivity index (χ3v) is 16.4. The first-order chi connectivity index (χ1) is 28.8. The second-order valence-corrected chi connectivity index (χ2v) is 18.6. The Balaban J connectivity index is 1.19. The molecule has 9 aromatic carbocycles. The highest BCUT2D eigenvalue weighted by molar-refractivity contribution is 7.19. The second kappa shape index (κ2) is 15.3. The normalized spacial score (nSPS) is 11.4. The minimum atomic E-state index is -2.83. The Labute approximate surface area is 341 Å². The van der Waals surface area contributed by atoms with Crippen molar-refractivity contribution in [2.24, 2.45) is 0 Å². The molecular weight excluding hydrogens is 715 g/mol. The number of rotatable bonds is 9. The van der Waals surface area contributed by atoms with Gasteiger partial charge in [0, 0.05) is 16.5 Å². The number of para-hydroxylation sites is 2. The number of aromatic nitrogens is 1. The van der Waals surface area contributed by atoms with E-state index in [1.54, 1.807) is 0 Å². The lowest BCUT2D eigenvalue weighted by molar-refractivity contribution is 1.18. The van der Waals surface area contributed by atoms with Gasteiger partial charge in [0.25, 0.3) is 0 Å². The summed E-state index contributed by atoms with van der Waals surface area (Å²) in [4.78, 5) is 0. The molecule has 0 spiro atoms. The summed E-state index contributed by atoms with van der Waals surface area (Å²) in [5.41, 5.74) is 10.8. The van der Waals surface area contributed by atoms with Crippen LogP contribution in [0, 0.1) is 0 Å². The topological polar surface area (TPSA) is 4.93 Å². The molecule has 274 valence electrons. The van der Waals surface area contributed by atoms with Crippen molar-refractivity contribution < 1.29 is 0 Å². The SMILES string of the molecule is c1ccc(C(=C(c2ccccc2)c2ccc([Si](c3ccccc3)(c3ccccc3)c3ccc(-n4c5ccccc5c5ccccc54)cc3)cc2)c2ccccc2)cc1. The molecule has 0 unspecified atom stereocenters. The summed E-state index contributed by atoms with van der Waals surface area (Å²) in [7, 11) is -2.83. The van der Waals surface area contributed by atoms with Gasteiger partial charge < -0.3 is 4.57 Å². The lowest BCUT2D eigenvalue weighted by atomic mass is 9.86. The Bertz CT molecular complexity index is 2850. The fraction of sp³-hybridized carbons (Fsp3) is 0. The van der Waals surface area contributed by atoms with Gasteiger partial charge in [-0.05, 0) is 78.4 Å². The van der Waals surface area contributed by atoms with E-state index in [0.717, 1.165) is 5.69 Å². The van der Waals surface area contributed by atoms with Crippen LogP contribution in [0.15, 0.2) is 249 Å². The molecule has 58 heavy (non-hydrogen) atoms. The maximum atomic E-state index is 2.42. The largest absolute Gasteiger partial charge is 0.309 e. The van der Waals surface area contributed by atoms with Gasteiger partial charge >= 0.3 is 0 Å². The van der Waals surface area contributed by atoms with Crippen LogP contribution in [0.2, 0.25) is 0 Å². The Hall–Kier alpha value is -7.26. The first-order valence-electron chi connectivity index (χ1n) is 20.0. The van der Waals surface area contributed by atoms with Gasteiger partial charge in [0.05, 0.1) is 11.0 Å². The summed E-state index contributed by atoms with van der Waals surface area (Å²) >= 11 is 0. The molecule has 0 bridgehead atoms. The molecule has 0 saturated carbocycles. The lowest BCUT2D eigenvalue weighted by Gasteiger charge is -2.34. The van der Waals surface area contributed by atoms with Gasteiger partial charge in [0.15, 0.2) is 8.07 Å². The first kappa shape index (κ1) is 35.2. The number of hydrogen-bond acceptors (Lipinski definition) is 0. The Morgan fingerprint density at radius 1 is 0.259 bits per heavy atom. The van der Waals surface area contributed by atoms with Crippen molar-refractivity contribution >= 4 is 61.8 Å². The highest BCUT2D eigenvalue weighted by atomic mass is 28.3. The van der Waals surface area contributed by atoms with Crippen molar-refractivity contribution in [3.8, 4) is 5.69 Å². The zero-order chi connectivity index (χ0) is 38.7. The van der Waals surface area contributed by atoms with E-state index < -0.39 is 8.07 Å². The van der Waals surface area contributed by atoms with Crippen LogP contribution in [0.1, 0.15) is 22.3 Å². The fourth-order valence-electron chi connectivity index (χ4n) is 9.05. The molecule has 10 aromatic rings. The Kier molecular flexibility index (Phi) is 9.31. The fourth-order valence-corrected chi connectivity index (χ4v) is 13.8.